The highest BCUT2D eigenvalue weighted by molar-refractivity contribution is 5.91. The number of benzene rings is 1. The van der Waals surface area contributed by atoms with Gasteiger partial charge in [0.15, 0.2) is 0 Å². The second-order valence-corrected chi connectivity index (χ2v) is 7.31. The Morgan fingerprint density at radius 2 is 2.04 bits per heavy atom. The Balaban J connectivity index is 1.33. The van der Waals surface area contributed by atoms with E-state index in [2.05, 4.69) is 5.16 Å². The molecule has 0 bridgehead atoms. The fourth-order valence-electron chi connectivity index (χ4n) is 3.62. The molecule has 0 spiro atoms. The predicted octanol–water partition coefficient (Wildman–Crippen LogP) is 4.18. The molecule has 4 rings (SSSR count). The fraction of sp³-hybridized carbons (Fsp3) is 0.500. The first-order chi connectivity index (χ1) is 12.2. The summed E-state index contributed by atoms with van der Waals surface area (Å²) in [5, 5.41) is 4.04. The smallest absolute Gasteiger partial charge is 0.292 e. The van der Waals surface area contributed by atoms with E-state index in [0.29, 0.717) is 17.6 Å². The van der Waals surface area contributed by atoms with Gasteiger partial charge >= 0.3 is 0 Å². The summed E-state index contributed by atoms with van der Waals surface area (Å²) in [4.78, 5) is 14.6. The Bertz CT molecular complexity index is 736. The van der Waals surface area contributed by atoms with Crippen molar-refractivity contribution in [1.29, 1.82) is 0 Å². The van der Waals surface area contributed by atoms with E-state index in [0.717, 1.165) is 62.9 Å². The van der Waals surface area contributed by atoms with E-state index in [-0.39, 0.29) is 11.7 Å². The first-order valence-corrected chi connectivity index (χ1v) is 9.19. The molecule has 1 aromatic heterocycles. The second-order valence-electron chi connectivity index (χ2n) is 7.31. The van der Waals surface area contributed by atoms with Crippen molar-refractivity contribution in [3.63, 3.8) is 0 Å². The largest absolute Gasteiger partial charge is 0.351 e. The average molecular weight is 342 g/mol. The molecule has 2 aliphatic rings. The summed E-state index contributed by atoms with van der Waals surface area (Å²) in [6.07, 6.45) is 6.38. The number of hydrogen-bond acceptors (Lipinski definition) is 3. The van der Waals surface area contributed by atoms with Crippen molar-refractivity contribution in [2.75, 3.05) is 13.1 Å². The molecule has 2 heterocycles. The van der Waals surface area contributed by atoms with E-state index < -0.39 is 0 Å². The molecular weight excluding hydrogens is 319 g/mol. The van der Waals surface area contributed by atoms with Gasteiger partial charge in [-0.2, -0.15) is 0 Å². The summed E-state index contributed by atoms with van der Waals surface area (Å²) in [5.74, 6) is 1.12. The molecule has 1 atom stereocenters. The van der Waals surface area contributed by atoms with Crippen LogP contribution in [0.3, 0.4) is 0 Å². The lowest BCUT2D eigenvalue weighted by molar-refractivity contribution is 0.0626. The third kappa shape index (κ3) is 3.91. The van der Waals surface area contributed by atoms with E-state index >= 15 is 0 Å². The standard InChI is InChI=1S/C20H23FN2O2/c21-17-9-5-14(6-10-17)3-4-15-2-1-11-23(13-15)20(24)19-12-18(22-25-19)16-7-8-16/h5-6,9-10,12,15-16H,1-4,7-8,11,13H2/t15-/m1/s1. The van der Waals surface area contributed by atoms with Gasteiger partial charge in [0.1, 0.15) is 5.82 Å². The Morgan fingerprint density at radius 1 is 1.24 bits per heavy atom. The van der Waals surface area contributed by atoms with Crippen molar-refractivity contribution < 1.29 is 13.7 Å². The minimum atomic E-state index is -0.198. The van der Waals surface area contributed by atoms with Crippen LogP contribution in [-0.2, 0) is 6.42 Å². The number of nitrogens with zero attached hydrogens (tertiary/aromatic N) is 2. The maximum Gasteiger partial charge on any atom is 0.292 e. The van der Waals surface area contributed by atoms with Crippen LogP contribution in [0.25, 0.3) is 0 Å². The molecule has 0 unspecified atom stereocenters. The number of rotatable bonds is 5. The van der Waals surface area contributed by atoms with Crippen LogP contribution >= 0.6 is 0 Å². The number of aryl methyl sites for hydroxylation is 1. The van der Waals surface area contributed by atoms with Crippen molar-refractivity contribution in [2.45, 2.75) is 44.4 Å². The van der Waals surface area contributed by atoms with Gasteiger partial charge in [0.2, 0.25) is 5.76 Å². The summed E-state index contributed by atoms with van der Waals surface area (Å²) < 4.78 is 18.3. The molecular formula is C20H23FN2O2. The highest BCUT2D eigenvalue weighted by atomic mass is 19.1. The Hall–Kier alpha value is -2.17. The zero-order valence-electron chi connectivity index (χ0n) is 14.3. The quantitative estimate of drug-likeness (QED) is 0.819. The van der Waals surface area contributed by atoms with Crippen LogP contribution < -0.4 is 0 Å². The van der Waals surface area contributed by atoms with Crippen molar-refractivity contribution in [1.82, 2.24) is 10.1 Å². The van der Waals surface area contributed by atoms with E-state index in [1.54, 1.807) is 0 Å². The number of aromatic nitrogens is 1. The summed E-state index contributed by atoms with van der Waals surface area (Å²) >= 11 is 0. The van der Waals surface area contributed by atoms with Gasteiger partial charge in [0.25, 0.3) is 5.91 Å². The highest BCUT2D eigenvalue weighted by Gasteiger charge is 2.31. The van der Waals surface area contributed by atoms with Crippen LogP contribution in [0.2, 0.25) is 0 Å². The molecule has 2 fully saturated rings. The van der Waals surface area contributed by atoms with Crippen molar-refractivity contribution in [2.24, 2.45) is 5.92 Å². The molecule has 0 radical (unpaired) electrons. The van der Waals surface area contributed by atoms with Crippen molar-refractivity contribution in [3.8, 4) is 0 Å². The maximum atomic E-state index is 13.0. The first kappa shape index (κ1) is 16.3. The van der Waals surface area contributed by atoms with E-state index in [9.17, 15) is 9.18 Å². The minimum absolute atomic E-state index is 0.0362. The third-order valence-corrected chi connectivity index (χ3v) is 5.30. The molecule has 132 valence electrons. The molecule has 0 N–H and O–H groups in total. The SMILES string of the molecule is O=C(c1cc(C2CC2)no1)N1CCC[C@H](CCc2ccc(F)cc2)C1. The van der Waals surface area contributed by atoms with Crippen molar-refractivity contribution >= 4 is 5.91 Å². The van der Waals surface area contributed by atoms with Crippen LogP contribution in [0.4, 0.5) is 4.39 Å². The van der Waals surface area contributed by atoms with Crippen molar-refractivity contribution in [3.05, 3.63) is 53.2 Å². The molecule has 1 aromatic carbocycles. The molecule has 1 aliphatic heterocycles. The normalized spacial score (nSPS) is 20.7. The maximum absolute atomic E-state index is 13.0. The van der Waals surface area contributed by atoms with Gasteiger partial charge in [-0.1, -0.05) is 17.3 Å². The predicted molar refractivity (Wildman–Crippen MR) is 91.8 cm³/mol. The van der Waals surface area contributed by atoms with Crippen LogP contribution in [0, 0.1) is 11.7 Å². The van der Waals surface area contributed by atoms with Gasteiger partial charge < -0.3 is 9.42 Å². The number of carbonyl (C=O) groups is 1. The highest BCUT2D eigenvalue weighted by Crippen LogP contribution is 2.39. The topological polar surface area (TPSA) is 46.3 Å². The molecule has 25 heavy (non-hydrogen) atoms. The van der Waals surface area contributed by atoms with Gasteiger partial charge in [0, 0.05) is 25.1 Å². The van der Waals surface area contributed by atoms with Crippen LogP contribution in [0.5, 0.6) is 0 Å². The Kier molecular flexibility index (Phi) is 4.55. The molecule has 2 aromatic rings. The average Bonchev–Trinajstić information content (AvgIpc) is 3.38. The summed E-state index contributed by atoms with van der Waals surface area (Å²) in [5.41, 5.74) is 2.07. The number of hydrogen-bond donors (Lipinski definition) is 0. The van der Waals surface area contributed by atoms with E-state index in [1.165, 1.54) is 12.1 Å². The Labute approximate surface area is 147 Å². The van der Waals surface area contributed by atoms with Crippen LogP contribution in [0.15, 0.2) is 34.9 Å². The zero-order valence-corrected chi connectivity index (χ0v) is 14.3. The van der Waals surface area contributed by atoms with E-state index in [4.69, 9.17) is 4.52 Å². The van der Waals surface area contributed by atoms with Crippen LogP contribution in [0.1, 0.15) is 59.8 Å². The first-order valence-electron chi connectivity index (χ1n) is 9.19. The lowest BCUT2D eigenvalue weighted by Crippen LogP contribution is -2.39. The number of piperidine rings is 1. The molecule has 4 nitrogen and oxygen atoms in total. The van der Waals surface area contributed by atoms with Gasteiger partial charge in [-0.25, -0.2) is 4.39 Å². The molecule has 1 saturated heterocycles. The number of likely N-dealkylation sites (tertiary alicyclic amines) is 1. The van der Waals surface area contributed by atoms with Crippen LogP contribution in [-0.4, -0.2) is 29.1 Å². The molecule has 1 aliphatic carbocycles. The second kappa shape index (κ2) is 6.98. The van der Waals surface area contributed by atoms with Gasteiger partial charge in [-0.05, 0) is 62.1 Å². The summed E-state index contributed by atoms with van der Waals surface area (Å²) in [6.45, 7) is 1.55. The number of halogens is 1. The monoisotopic (exact) mass is 342 g/mol. The molecule has 1 saturated carbocycles. The molecule has 5 heteroatoms. The summed E-state index contributed by atoms with van der Waals surface area (Å²) in [6, 6.07) is 8.52. The minimum Gasteiger partial charge on any atom is -0.351 e. The number of carbonyl (C=O) groups excluding carboxylic acids is 1. The fourth-order valence-corrected chi connectivity index (χ4v) is 3.62. The zero-order chi connectivity index (χ0) is 17.2. The summed E-state index contributed by atoms with van der Waals surface area (Å²) in [7, 11) is 0. The van der Waals surface area contributed by atoms with E-state index in [1.807, 2.05) is 23.1 Å². The lowest BCUT2D eigenvalue weighted by Gasteiger charge is -2.32. The Morgan fingerprint density at radius 3 is 2.80 bits per heavy atom. The third-order valence-electron chi connectivity index (χ3n) is 5.30. The molecule has 1 amide bonds. The lowest BCUT2D eigenvalue weighted by atomic mass is 9.91. The number of amides is 1. The van der Waals surface area contributed by atoms with Gasteiger partial charge in [0.05, 0.1) is 5.69 Å². The van der Waals surface area contributed by atoms with Gasteiger partial charge in [-0.15, -0.1) is 0 Å². The van der Waals surface area contributed by atoms with Gasteiger partial charge in [-0.3, -0.25) is 4.79 Å².